The van der Waals surface area contributed by atoms with Crippen molar-refractivity contribution in [3.05, 3.63) is 29.8 Å². The molecule has 3 N–H and O–H groups in total. The van der Waals surface area contributed by atoms with E-state index in [2.05, 4.69) is 25.8 Å². The summed E-state index contributed by atoms with van der Waals surface area (Å²) in [5, 5.41) is 12.1. The highest BCUT2D eigenvalue weighted by atomic mass is 19.3. The number of halogens is 3. The third kappa shape index (κ3) is 2.65. The first-order chi connectivity index (χ1) is 15.3. The van der Waals surface area contributed by atoms with Gasteiger partial charge in [0.1, 0.15) is 11.6 Å². The van der Waals surface area contributed by atoms with Crippen molar-refractivity contribution in [3.8, 4) is 5.88 Å². The summed E-state index contributed by atoms with van der Waals surface area (Å²) in [5.41, 5.74) is -1.87. The van der Waals surface area contributed by atoms with E-state index in [1.807, 2.05) is 0 Å². The molecule has 170 valence electrons. The Labute approximate surface area is 181 Å². The summed E-state index contributed by atoms with van der Waals surface area (Å²) in [5.74, 6) is -3.45. The van der Waals surface area contributed by atoms with Gasteiger partial charge in [0.2, 0.25) is 5.88 Å². The summed E-state index contributed by atoms with van der Waals surface area (Å²) in [6.07, 6.45) is 2.21. The minimum atomic E-state index is -3.02. The molecule has 0 unspecified atom stereocenters. The van der Waals surface area contributed by atoms with Crippen LogP contribution in [-0.2, 0) is 4.74 Å². The van der Waals surface area contributed by atoms with E-state index < -0.39 is 34.9 Å². The number of H-pyrrole nitrogens is 1. The van der Waals surface area contributed by atoms with Crippen molar-refractivity contribution in [2.45, 2.75) is 62.0 Å². The zero-order valence-corrected chi connectivity index (χ0v) is 17.1. The van der Waals surface area contributed by atoms with Crippen LogP contribution in [0, 0.1) is 11.2 Å². The third-order valence-corrected chi connectivity index (χ3v) is 7.52. The molecule has 3 aliphatic heterocycles. The van der Waals surface area contributed by atoms with E-state index in [9.17, 15) is 18.0 Å². The molecule has 32 heavy (non-hydrogen) atoms. The smallest absolute Gasteiger partial charge is 0.408 e. The van der Waals surface area contributed by atoms with Crippen molar-refractivity contribution in [2.24, 2.45) is 5.41 Å². The first kappa shape index (κ1) is 19.7. The lowest BCUT2D eigenvalue weighted by molar-refractivity contribution is -0.374. The molecule has 0 radical (unpaired) electrons. The number of hydrogen-bond donors (Lipinski definition) is 3. The molecule has 0 aromatic carbocycles. The second-order valence-electron chi connectivity index (χ2n) is 9.36. The first-order valence-electron chi connectivity index (χ1n) is 10.8. The summed E-state index contributed by atoms with van der Waals surface area (Å²) in [4.78, 5) is 16.5. The SMILES string of the molecule is O=C1NC23CC(CCOc4cc(ccn4)Nc4n[nH]c(c4F)[C@H]4CC[C@H](C4)O1)(C2)C3(F)F. The largest absolute Gasteiger partial charge is 0.478 e. The maximum Gasteiger partial charge on any atom is 0.408 e. The van der Waals surface area contributed by atoms with Crippen LogP contribution in [0.15, 0.2) is 18.3 Å². The molecular formula is C21H22F3N5O3. The molecule has 11 heteroatoms. The highest BCUT2D eigenvalue weighted by Crippen LogP contribution is 2.77. The Hall–Kier alpha value is -2.98. The number of ether oxygens (including phenoxy) is 2. The second kappa shape index (κ2) is 6.52. The van der Waals surface area contributed by atoms with Gasteiger partial charge >= 0.3 is 6.09 Å². The number of carbonyl (C=O) groups excluding carboxylic acids is 1. The number of rotatable bonds is 0. The van der Waals surface area contributed by atoms with Crippen LogP contribution in [0.1, 0.15) is 50.1 Å². The lowest BCUT2D eigenvalue weighted by atomic mass is 9.35. The molecular weight excluding hydrogens is 427 g/mol. The Morgan fingerprint density at radius 1 is 1.22 bits per heavy atom. The molecule has 5 heterocycles. The van der Waals surface area contributed by atoms with Gasteiger partial charge in [-0.25, -0.2) is 22.9 Å². The van der Waals surface area contributed by atoms with Crippen molar-refractivity contribution in [1.29, 1.82) is 0 Å². The summed E-state index contributed by atoms with van der Waals surface area (Å²) in [6, 6.07) is 3.21. The van der Waals surface area contributed by atoms with E-state index in [1.54, 1.807) is 12.1 Å². The predicted octanol–water partition coefficient (Wildman–Crippen LogP) is 4.00. The number of carbonyl (C=O) groups is 1. The number of hydrogen-bond acceptors (Lipinski definition) is 6. The van der Waals surface area contributed by atoms with Crippen LogP contribution in [-0.4, -0.2) is 45.4 Å². The summed E-state index contributed by atoms with van der Waals surface area (Å²) in [7, 11) is 0. The molecule has 2 aromatic rings. The third-order valence-electron chi connectivity index (χ3n) is 7.52. The van der Waals surface area contributed by atoms with Crippen LogP contribution in [0.2, 0.25) is 0 Å². The molecule has 7 aliphatic rings. The van der Waals surface area contributed by atoms with Crippen LogP contribution in [0.5, 0.6) is 5.88 Å². The Balaban J connectivity index is 1.28. The van der Waals surface area contributed by atoms with E-state index in [1.165, 1.54) is 6.20 Å². The van der Waals surface area contributed by atoms with Gasteiger partial charge in [-0.2, -0.15) is 5.10 Å². The number of aromatic nitrogens is 3. The van der Waals surface area contributed by atoms with E-state index in [4.69, 9.17) is 9.47 Å². The standard InChI is InChI=1S/C21H22F3N5O3/c22-15-16-11-1-2-13(7-11)32-18(30)27-20-9-19(10-20,21(20,23)24)4-6-31-14-8-12(3-5-25-14)26-17(15)29-28-16/h3,5,8,11,13H,1-2,4,6-7,9-10H2,(H,27,30)(H2,26,28,29)/t11-,13+,19?,20?/m0/s1. The van der Waals surface area contributed by atoms with Crippen molar-refractivity contribution in [2.75, 3.05) is 11.9 Å². The predicted molar refractivity (Wildman–Crippen MR) is 106 cm³/mol. The number of aromatic amines is 1. The van der Waals surface area contributed by atoms with Crippen LogP contribution in [0.3, 0.4) is 0 Å². The second-order valence-corrected chi connectivity index (χ2v) is 9.36. The van der Waals surface area contributed by atoms with E-state index in [0.29, 0.717) is 30.6 Å². The monoisotopic (exact) mass is 449 g/mol. The van der Waals surface area contributed by atoms with Crippen molar-refractivity contribution in [3.63, 3.8) is 0 Å². The van der Waals surface area contributed by atoms with Gasteiger partial charge in [-0.3, -0.25) is 5.10 Å². The number of amides is 1. The van der Waals surface area contributed by atoms with Crippen molar-refractivity contribution >= 4 is 17.6 Å². The minimum Gasteiger partial charge on any atom is -0.478 e. The summed E-state index contributed by atoms with van der Waals surface area (Å²) in [6.45, 7) is 0.0528. The molecule has 4 saturated carbocycles. The normalized spacial score (nSPS) is 34.8. The number of alkyl halides is 2. The van der Waals surface area contributed by atoms with Crippen LogP contribution in [0.4, 0.5) is 29.5 Å². The number of pyridine rings is 1. The molecule has 4 aliphatic carbocycles. The quantitative estimate of drug-likeness (QED) is 0.562. The maximum absolute atomic E-state index is 15.0. The van der Waals surface area contributed by atoms with E-state index in [-0.39, 0.29) is 43.5 Å². The fourth-order valence-electron chi connectivity index (χ4n) is 5.78. The average molecular weight is 449 g/mol. The Morgan fingerprint density at radius 3 is 2.88 bits per heavy atom. The van der Waals surface area contributed by atoms with Crippen molar-refractivity contribution in [1.82, 2.24) is 20.5 Å². The number of nitrogens with zero attached hydrogens (tertiary/aromatic N) is 2. The minimum absolute atomic E-state index is 0.0384. The van der Waals surface area contributed by atoms with Crippen molar-refractivity contribution < 1.29 is 27.4 Å². The fourth-order valence-corrected chi connectivity index (χ4v) is 5.78. The van der Waals surface area contributed by atoms with Gasteiger partial charge in [-0.1, -0.05) is 0 Å². The Kier molecular flexibility index (Phi) is 4.01. The fraction of sp³-hybridized carbons (Fsp3) is 0.571. The number of nitrogens with one attached hydrogen (secondary N) is 3. The zero-order chi connectivity index (χ0) is 22.1. The highest BCUT2D eigenvalue weighted by molar-refractivity contribution is 5.70. The van der Waals surface area contributed by atoms with Gasteiger partial charge in [0.15, 0.2) is 11.6 Å². The van der Waals surface area contributed by atoms with Crippen LogP contribution in [0.25, 0.3) is 0 Å². The summed E-state index contributed by atoms with van der Waals surface area (Å²) < 4.78 is 55.7. The topological polar surface area (TPSA) is 101 Å². The molecule has 2 aromatic heterocycles. The molecule has 9 rings (SSSR count). The Bertz CT molecular complexity index is 1080. The number of anilines is 2. The first-order valence-corrected chi connectivity index (χ1v) is 10.8. The Morgan fingerprint density at radius 2 is 2.06 bits per heavy atom. The zero-order valence-electron chi connectivity index (χ0n) is 17.1. The molecule has 1 amide bonds. The van der Waals surface area contributed by atoms with E-state index >= 15 is 0 Å². The molecule has 2 atom stereocenters. The lowest BCUT2D eigenvalue weighted by Crippen LogP contribution is -2.89. The molecule has 4 fully saturated rings. The molecule has 8 nitrogen and oxygen atoms in total. The van der Waals surface area contributed by atoms with Gasteiger partial charge < -0.3 is 20.1 Å². The maximum atomic E-state index is 15.0. The number of alkyl carbamates (subject to hydrolysis) is 1. The van der Waals surface area contributed by atoms with Crippen LogP contribution >= 0.6 is 0 Å². The van der Waals surface area contributed by atoms with Crippen LogP contribution < -0.4 is 15.4 Å². The highest BCUT2D eigenvalue weighted by Gasteiger charge is 2.88. The van der Waals surface area contributed by atoms with Gasteiger partial charge in [-0.05, 0) is 44.6 Å². The van der Waals surface area contributed by atoms with Gasteiger partial charge in [0.25, 0.3) is 5.92 Å². The van der Waals surface area contributed by atoms with E-state index in [0.717, 1.165) is 0 Å². The average Bonchev–Trinajstić information content (AvgIpc) is 3.32. The molecule has 0 spiro atoms. The van der Waals surface area contributed by atoms with Gasteiger partial charge in [-0.15, -0.1) is 0 Å². The molecule has 8 bridgehead atoms. The van der Waals surface area contributed by atoms with Gasteiger partial charge in [0, 0.05) is 29.3 Å². The summed E-state index contributed by atoms with van der Waals surface area (Å²) >= 11 is 0. The molecule has 0 saturated heterocycles. The lowest BCUT2D eigenvalue weighted by Gasteiger charge is -2.74. The van der Waals surface area contributed by atoms with Gasteiger partial charge in [0.05, 0.1) is 12.3 Å².